The van der Waals surface area contributed by atoms with Crippen molar-refractivity contribution in [1.29, 1.82) is 0 Å². The number of benzene rings is 2. The Morgan fingerprint density at radius 1 is 1.03 bits per heavy atom. The standard InChI is InChI=1S/C28H24FN3O6/c1-28-18(24(35)31(26(28)37)14-5-3-2-4-6-14)12-17-15(22(28)13-7-10-20(33)19(29)11-13)8-9-16-21(17)25(36)32(23(16)34)27(30)38/h2-8,10-11,16-18,21-22,33H,9,12H2,1H3,(H2,30,38). The molecule has 194 valence electrons. The first kappa shape index (κ1) is 24.0. The van der Waals surface area contributed by atoms with Crippen LogP contribution in [0.4, 0.5) is 14.9 Å². The predicted octanol–water partition coefficient (Wildman–Crippen LogP) is 2.84. The van der Waals surface area contributed by atoms with E-state index in [0.717, 1.165) is 11.0 Å². The molecule has 6 atom stereocenters. The Hall–Kier alpha value is -4.34. The highest BCUT2D eigenvalue weighted by molar-refractivity contribution is 6.24. The van der Waals surface area contributed by atoms with Crippen molar-refractivity contribution in [3.05, 3.63) is 71.6 Å². The van der Waals surface area contributed by atoms with Gasteiger partial charge in [0, 0.05) is 5.92 Å². The molecule has 6 unspecified atom stereocenters. The summed E-state index contributed by atoms with van der Waals surface area (Å²) >= 11 is 0. The van der Waals surface area contributed by atoms with E-state index in [1.807, 2.05) is 0 Å². The van der Waals surface area contributed by atoms with E-state index in [-0.39, 0.29) is 12.8 Å². The number of hydrogen-bond acceptors (Lipinski definition) is 6. The number of para-hydroxylation sites is 1. The molecule has 0 radical (unpaired) electrons. The molecule has 6 rings (SSSR count). The zero-order valence-corrected chi connectivity index (χ0v) is 20.3. The molecule has 1 saturated carbocycles. The Morgan fingerprint density at radius 3 is 2.39 bits per heavy atom. The summed E-state index contributed by atoms with van der Waals surface area (Å²) in [6.07, 6.45) is 2.01. The smallest absolute Gasteiger partial charge is 0.328 e. The minimum Gasteiger partial charge on any atom is -0.505 e. The van der Waals surface area contributed by atoms with Crippen LogP contribution in [0.2, 0.25) is 0 Å². The van der Waals surface area contributed by atoms with Gasteiger partial charge in [-0.05, 0) is 55.5 Å². The van der Waals surface area contributed by atoms with E-state index >= 15 is 0 Å². The molecule has 3 N–H and O–H groups in total. The summed E-state index contributed by atoms with van der Waals surface area (Å²) in [6, 6.07) is 11.2. The number of rotatable bonds is 2. The van der Waals surface area contributed by atoms with E-state index in [1.54, 1.807) is 43.3 Å². The average Bonchev–Trinajstić information content (AvgIpc) is 3.26. The number of carbonyl (C=O) groups excluding carboxylic acids is 5. The van der Waals surface area contributed by atoms with Crippen LogP contribution in [0.1, 0.15) is 31.2 Å². The van der Waals surface area contributed by atoms with Crippen LogP contribution < -0.4 is 10.6 Å². The quantitative estimate of drug-likeness (QED) is 0.464. The molecule has 4 aliphatic rings. The van der Waals surface area contributed by atoms with E-state index < -0.39 is 76.2 Å². The van der Waals surface area contributed by atoms with Crippen molar-refractivity contribution in [1.82, 2.24) is 4.90 Å². The second kappa shape index (κ2) is 8.08. The second-order valence-electron chi connectivity index (χ2n) is 10.6. The molecular weight excluding hydrogens is 493 g/mol. The monoisotopic (exact) mass is 517 g/mol. The molecule has 2 aromatic rings. The number of halogens is 1. The van der Waals surface area contributed by atoms with Gasteiger partial charge >= 0.3 is 6.03 Å². The summed E-state index contributed by atoms with van der Waals surface area (Å²) in [5.41, 5.74) is 5.40. The first-order chi connectivity index (χ1) is 18.1. The maximum absolute atomic E-state index is 14.6. The van der Waals surface area contributed by atoms with Crippen LogP contribution in [-0.2, 0) is 19.2 Å². The van der Waals surface area contributed by atoms with Crippen molar-refractivity contribution < 1.29 is 33.5 Å². The van der Waals surface area contributed by atoms with E-state index in [4.69, 9.17) is 5.73 Å². The zero-order chi connectivity index (χ0) is 27.1. The van der Waals surface area contributed by atoms with E-state index in [1.165, 1.54) is 12.1 Å². The molecule has 9 nitrogen and oxygen atoms in total. The number of aromatic hydroxyl groups is 1. The molecule has 10 heteroatoms. The first-order valence-corrected chi connectivity index (χ1v) is 12.4. The van der Waals surface area contributed by atoms with Crippen LogP contribution in [0.3, 0.4) is 0 Å². The van der Waals surface area contributed by atoms with Crippen molar-refractivity contribution in [2.24, 2.45) is 34.8 Å². The number of anilines is 1. The molecule has 0 bridgehead atoms. The van der Waals surface area contributed by atoms with Gasteiger partial charge in [-0.15, -0.1) is 0 Å². The number of imide groups is 4. The number of urea groups is 1. The maximum atomic E-state index is 14.6. The van der Waals surface area contributed by atoms with Gasteiger partial charge in [-0.25, -0.2) is 14.1 Å². The van der Waals surface area contributed by atoms with Crippen molar-refractivity contribution in [3.8, 4) is 5.75 Å². The Kier molecular flexibility index (Phi) is 5.11. The number of fused-ring (bicyclic) bond motifs is 4. The van der Waals surface area contributed by atoms with Crippen LogP contribution in [0.15, 0.2) is 60.2 Å². The number of allylic oxidation sites excluding steroid dienone is 2. The Labute approximate surface area is 216 Å². The highest BCUT2D eigenvalue weighted by Gasteiger charge is 2.67. The van der Waals surface area contributed by atoms with E-state index in [0.29, 0.717) is 21.7 Å². The van der Waals surface area contributed by atoms with Gasteiger partial charge in [-0.2, -0.15) is 4.90 Å². The average molecular weight is 518 g/mol. The molecular formula is C28H24FN3O6. The van der Waals surface area contributed by atoms with Crippen LogP contribution in [0.25, 0.3) is 0 Å². The van der Waals surface area contributed by atoms with Crippen LogP contribution in [0, 0.1) is 34.9 Å². The third-order valence-electron chi connectivity index (χ3n) is 8.81. The molecule has 0 aromatic heterocycles. The van der Waals surface area contributed by atoms with Crippen molar-refractivity contribution in [2.75, 3.05) is 4.90 Å². The van der Waals surface area contributed by atoms with Gasteiger partial charge < -0.3 is 10.8 Å². The van der Waals surface area contributed by atoms with E-state index in [2.05, 4.69) is 0 Å². The van der Waals surface area contributed by atoms with Gasteiger partial charge in [-0.1, -0.05) is 35.9 Å². The highest BCUT2D eigenvalue weighted by atomic mass is 19.1. The number of likely N-dealkylation sites (tertiary alicyclic amines) is 1. The minimum atomic E-state index is -1.33. The van der Waals surface area contributed by atoms with Crippen molar-refractivity contribution >= 4 is 35.3 Å². The number of carbonyl (C=O) groups is 5. The molecule has 3 fully saturated rings. The maximum Gasteiger partial charge on any atom is 0.328 e. The van der Waals surface area contributed by atoms with Crippen LogP contribution >= 0.6 is 0 Å². The fourth-order valence-corrected chi connectivity index (χ4v) is 7.14. The van der Waals surface area contributed by atoms with Crippen LogP contribution in [0.5, 0.6) is 5.75 Å². The lowest BCUT2D eigenvalue weighted by molar-refractivity contribution is -0.136. The molecule has 2 aliphatic heterocycles. The predicted molar refractivity (Wildman–Crippen MR) is 131 cm³/mol. The molecule has 2 saturated heterocycles. The summed E-state index contributed by atoms with van der Waals surface area (Å²) in [5.74, 6) is -7.86. The van der Waals surface area contributed by atoms with Gasteiger partial charge in [0.2, 0.25) is 23.6 Å². The van der Waals surface area contributed by atoms with Gasteiger partial charge in [0.05, 0.1) is 28.9 Å². The molecule has 2 heterocycles. The molecule has 2 aromatic carbocycles. The Bertz CT molecular complexity index is 1470. The van der Waals surface area contributed by atoms with Gasteiger partial charge in [-0.3, -0.25) is 19.2 Å². The fourth-order valence-electron chi connectivity index (χ4n) is 7.14. The number of phenolic OH excluding ortho intramolecular Hbond substituents is 1. The third-order valence-corrected chi connectivity index (χ3v) is 8.81. The largest absolute Gasteiger partial charge is 0.505 e. The van der Waals surface area contributed by atoms with E-state index in [9.17, 15) is 33.5 Å². The second-order valence-corrected chi connectivity index (χ2v) is 10.6. The van der Waals surface area contributed by atoms with Gasteiger partial charge in [0.1, 0.15) is 0 Å². The lowest BCUT2D eigenvalue weighted by atomic mass is 9.51. The van der Waals surface area contributed by atoms with Gasteiger partial charge in [0.15, 0.2) is 11.6 Å². The lowest BCUT2D eigenvalue weighted by Gasteiger charge is -2.49. The summed E-state index contributed by atoms with van der Waals surface area (Å²) in [5, 5.41) is 9.83. The number of primary amides is 1. The van der Waals surface area contributed by atoms with Gasteiger partial charge in [0.25, 0.3) is 0 Å². The Morgan fingerprint density at radius 2 is 1.74 bits per heavy atom. The fraction of sp³-hybridized carbons (Fsp3) is 0.321. The van der Waals surface area contributed by atoms with Crippen LogP contribution in [-0.4, -0.2) is 39.7 Å². The normalized spacial score (nSPS) is 32.2. The number of phenols is 1. The minimum absolute atomic E-state index is 0.0973. The lowest BCUT2D eigenvalue weighted by Crippen LogP contribution is -2.49. The first-order valence-electron chi connectivity index (χ1n) is 12.4. The summed E-state index contributed by atoms with van der Waals surface area (Å²) < 4.78 is 14.6. The summed E-state index contributed by atoms with van der Waals surface area (Å²) in [4.78, 5) is 67.7. The number of amides is 6. The van der Waals surface area contributed by atoms with Crippen molar-refractivity contribution in [3.63, 3.8) is 0 Å². The zero-order valence-electron chi connectivity index (χ0n) is 20.3. The number of nitrogens with two attached hydrogens (primary N) is 1. The number of nitrogens with zero attached hydrogens (tertiary/aromatic N) is 2. The SMILES string of the molecule is CC12C(=O)N(c3ccccc3)C(=O)C1CC1C(=CCC3C(=O)N(C(N)=O)C(=O)C31)C2c1ccc(O)c(F)c1. The summed E-state index contributed by atoms with van der Waals surface area (Å²) in [6.45, 7) is 1.68. The molecule has 2 aliphatic carbocycles. The van der Waals surface area contributed by atoms with Crippen molar-refractivity contribution in [2.45, 2.75) is 25.7 Å². The molecule has 38 heavy (non-hydrogen) atoms. The molecule has 0 spiro atoms. The molecule has 6 amide bonds. The highest BCUT2D eigenvalue weighted by Crippen LogP contribution is 2.63. The number of hydrogen-bond donors (Lipinski definition) is 2. The summed E-state index contributed by atoms with van der Waals surface area (Å²) in [7, 11) is 0. The Balaban J connectivity index is 1.54. The third kappa shape index (κ3) is 3.00. The topological polar surface area (TPSA) is 138 Å².